The third kappa shape index (κ3) is 3.54. The van der Waals surface area contributed by atoms with Crippen LogP contribution in [0.2, 0.25) is 0 Å². The van der Waals surface area contributed by atoms with Crippen LogP contribution in [-0.2, 0) is 19.6 Å². The molecule has 1 saturated carbocycles. The van der Waals surface area contributed by atoms with E-state index >= 15 is 0 Å². The third-order valence-electron chi connectivity index (χ3n) is 2.93. The van der Waals surface area contributed by atoms with Crippen molar-refractivity contribution < 1.29 is 17.9 Å². The zero-order chi connectivity index (χ0) is 13.1. The molecule has 6 heteroatoms. The molecule has 5 nitrogen and oxygen atoms in total. The van der Waals surface area contributed by atoms with Crippen molar-refractivity contribution in [3.63, 3.8) is 0 Å². The minimum Gasteiger partial charge on any atom is -0.469 e. The first-order chi connectivity index (χ1) is 7.88. The Morgan fingerprint density at radius 1 is 1.47 bits per heavy atom. The highest BCUT2D eigenvalue weighted by Gasteiger charge is 2.41. The van der Waals surface area contributed by atoms with Crippen molar-refractivity contribution in [3.8, 4) is 0 Å². The maximum Gasteiger partial charge on any atom is 0.310 e. The Kier molecular flexibility index (Phi) is 4.70. The Bertz CT molecular complexity index is 402. The first-order valence-corrected chi connectivity index (χ1v) is 7.14. The number of sulfonamides is 1. The van der Waals surface area contributed by atoms with Gasteiger partial charge in [0.2, 0.25) is 10.0 Å². The molecule has 2 unspecified atom stereocenters. The Hall–Kier alpha value is -0.880. The van der Waals surface area contributed by atoms with Gasteiger partial charge in [0.25, 0.3) is 0 Å². The summed E-state index contributed by atoms with van der Waals surface area (Å²) >= 11 is 0. The fourth-order valence-electron chi connectivity index (χ4n) is 2.05. The molecule has 0 spiro atoms. The summed E-state index contributed by atoms with van der Waals surface area (Å²) in [6.07, 6.45) is 1.81. The van der Waals surface area contributed by atoms with Crippen LogP contribution in [0.1, 0.15) is 26.2 Å². The molecule has 0 saturated heterocycles. The number of esters is 1. The van der Waals surface area contributed by atoms with Crippen LogP contribution in [0.3, 0.4) is 0 Å². The monoisotopic (exact) mass is 261 g/mol. The molecule has 2 atom stereocenters. The first kappa shape index (κ1) is 14.2. The van der Waals surface area contributed by atoms with Gasteiger partial charge in [-0.05, 0) is 19.8 Å². The number of nitrogens with one attached hydrogen (secondary N) is 1. The highest BCUT2D eigenvalue weighted by Crippen LogP contribution is 2.31. The lowest BCUT2D eigenvalue weighted by Crippen LogP contribution is -2.40. The number of ether oxygens (including phenoxy) is 1. The molecule has 1 fully saturated rings. The largest absolute Gasteiger partial charge is 0.469 e. The van der Waals surface area contributed by atoms with E-state index in [-0.39, 0.29) is 6.54 Å². The molecule has 0 heterocycles. The van der Waals surface area contributed by atoms with Crippen molar-refractivity contribution in [2.75, 3.05) is 13.7 Å². The van der Waals surface area contributed by atoms with E-state index in [1.165, 1.54) is 7.11 Å². The molecule has 1 aliphatic carbocycles. The molecule has 1 rings (SSSR count). The molecular formula is C11H19NO4S. The lowest BCUT2D eigenvalue weighted by molar-refractivity contribution is -0.145. The van der Waals surface area contributed by atoms with Crippen LogP contribution in [-0.4, -0.2) is 33.3 Å². The number of rotatable bonds is 5. The molecule has 1 N–H and O–H groups in total. The Morgan fingerprint density at radius 3 is 2.65 bits per heavy atom. The van der Waals surface area contributed by atoms with Gasteiger partial charge in [0, 0.05) is 6.54 Å². The minimum atomic E-state index is -3.47. The lowest BCUT2D eigenvalue weighted by Gasteiger charge is -2.18. The Labute approximate surface area is 102 Å². The summed E-state index contributed by atoms with van der Waals surface area (Å²) in [5, 5.41) is -0.672. The minimum absolute atomic E-state index is 0.215. The summed E-state index contributed by atoms with van der Waals surface area (Å²) < 4.78 is 31.1. The first-order valence-electron chi connectivity index (χ1n) is 5.59. The predicted octanol–water partition coefficient (Wildman–Crippen LogP) is 0.824. The van der Waals surface area contributed by atoms with Crippen LogP contribution in [0, 0.1) is 5.92 Å². The second kappa shape index (κ2) is 5.64. The second-order valence-electron chi connectivity index (χ2n) is 4.42. The normalized spacial score (nSPS) is 24.6. The van der Waals surface area contributed by atoms with Crippen molar-refractivity contribution in [1.82, 2.24) is 4.72 Å². The Balaban J connectivity index is 2.76. The van der Waals surface area contributed by atoms with E-state index in [2.05, 4.69) is 16.0 Å². The van der Waals surface area contributed by atoms with Crippen LogP contribution < -0.4 is 4.72 Å². The average molecular weight is 261 g/mol. The quantitative estimate of drug-likeness (QED) is 0.587. The highest BCUT2D eigenvalue weighted by atomic mass is 32.2. The van der Waals surface area contributed by atoms with Crippen molar-refractivity contribution in [2.24, 2.45) is 5.92 Å². The number of carbonyl (C=O) groups excluding carboxylic acids is 1. The highest BCUT2D eigenvalue weighted by molar-refractivity contribution is 7.90. The smallest absolute Gasteiger partial charge is 0.310 e. The molecule has 0 bridgehead atoms. The van der Waals surface area contributed by atoms with Gasteiger partial charge in [-0.2, -0.15) is 0 Å². The number of methoxy groups -OCH3 is 1. The molecule has 1 aliphatic rings. The summed E-state index contributed by atoms with van der Waals surface area (Å²) in [7, 11) is -2.19. The number of hydrogen-bond acceptors (Lipinski definition) is 4. The van der Waals surface area contributed by atoms with Crippen molar-refractivity contribution in [3.05, 3.63) is 12.2 Å². The van der Waals surface area contributed by atoms with Gasteiger partial charge < -0.3 is 4.74 Å². The van der Waals surface area contributed by atoms with E-state index in [1.54, 1.807) is 6.92 Å². The van der Waals surface area contributed by atoms with Crippen LogP contribution >= 0.6 is 0 Å². The van der Waals surface area contributed by atoms with Gasteiger partial charge in [-0.3, -0.25) is 4.79 Å². The van der Waals surface area contributed by atoms with Gasteiger partial charge in [0.1, 0.15) is 0 Å². The maximum atomic E-state index is 12.0. The molecular weight excluding hydrogens is 242 g/mol. The molecule has 0 aromatic carbocycles. The fraction of sp³-hybridized carbons (Fsp3) is 0.727. The van der Waals surface area contributed by atoms with E-state index in [9.17, 15) is 13.2 Å². The van der Waals surface area contributed by atoms with Gasteiger partial charge in [-0.15, -0.1) is 0 Å². The second-order valence-corrected chi connectivity index (χ2v) is 6.41. The third-order valence-corrected chi connectivity index (χ3v) is 4.84. The molecule has 17 heavy (non-hydrogen) atoms. The van der Waals surface area contributed by atoms with E-state index in [1.807, 2.05) is 0 Å². The maximum absolute atomic E-state index is 12.0. The molecule has 98 valence electrons. The summed E-state index contributed by atoms with van der Waals surface area (Å²) in [6, 6.07) is 0. The topological polar surface area (TPSA) is 72.5 Å². The van der Waals surface area contributed by atoms with E-state index in [0.717, 1.165) is 12.0 Å². The lowest BCUT2D eigenvalue weighted by atomic mass is 10.1. The van der Waals surface area contributed by atoms with Gasteiger partial charge in [0.15, 0.2) is 0 Å². The zero-order valence-corrected chi connectivity index (χ0v) is 11.0. The van der Waals surface area contributed by atoms with E-state index < -0.39 is 27.2 Å². The Morgan fingerprint density at radius 2 is 2.12 bits per heavy atom. The standard InChI is InChI=1S/C11H19NO4S/c1-8(2)7-12-17(14,15)10-6-4-5-9(10)11(13)16-3/h9-10,12H,1,4-7H2,2-3H3. The van der Waals surface area contributed by atoms with Gasteiger partial charge in [-0.1, -0.05) is 18.6 Å². The predicted molar refractivity (Wildman–Crippen MR) is 64.9 cm³/mol. The SMILES string of the molecule is C=C(C)CNS(=O)(=O)C1CCCC1C(=O)OC. The summed E-state index contributed by atoms with van der Waals surface area (Å²) in [5.41, 5.74) is 0.737. The van der Waals surface area contributed by atoms with Crippen molar-refractivity contribution in [2.45, 2.75) is 31.4 Å². The number of hydrogen-bond donors (Lipinski definition) is 1. The molecule has 0 aromatic rings. The van der Waals surface area contributed by atoms with Crippen molar-refractivity contribution >= 4 is 16.0 Å². The molecule has 0 aliphatic heterocycles. The van der Waals surface area contributed by atoms with Gasteiger partial charge >= 0.3 is 5.97 Å². The molecule has 0 radical (unpaired) electrons. The molecule has 0 aromatic heterocycles. The van der Waals surface area contributed by atoms with Crippen LogP contribution in [0.15, 0.2) is 12.2 Å². The zero-order valence-electron chi connectivity index (χ0n) is 10.2. The summed E-state index contributed by atoms with van der Waals surface area (Å²) in [4.78, 5) is 11.5. The summed E-state index contributed by atoms with van der Waals surface area (Å²) in [6.45, 7) is 5.60. The summed E-state index contributed by atoms with van der Waals surface area (Å²) in [5.74, 6) is -0.976. The number of carbonyl (C=O) groups is 1. The van der Waals surface area contributed by atoms with Crippen LogP contribution in [0.4, 0.5) is 0 Å². The molecule has 0 amide bonds. The van der Waals surface area contributed by atoms with E-state index in [0.29, 0.717) is 12.8 Å². The van der Waals surface area contributed by atoms with E-state index in [4.69, 9.17) is 0 Å². The van der Waals surface area contributed by atoms with Gasteiger partial charge in [0.05, 0.1) is 18.3 Å². The van der Waals surface area contributed by atoms with Gasteiger partial charge in [-0.25, -0.2) is 13.1 Å². The van der Waals surface area contributed by atoms with Crippen molar-refractivity contribution in [1.29, 1.82) is 0 Å². The average Bonchev–Trinajstić information content (AvgIpc) is 2.75. The van der Waals surface area contributed by atoms with Crippen LogP contribution in [0.25, 0.3) is 0 Å². The fourth-order valence-corrected chi connectivity index (χ4v) is 3.87. The van der Waals surface area contributed by atoms with Crippen LogP contribution in [0.5, 0.6) is 0 Å².